The van der Waals surface area contributed by atoms with E-state index in [-0.39, 0.29) is 10.6 Å². The maximum absolute atomic E-state index is 12.3. The number of halogens is 1. The van der Waals surface area contributed by atoms with E-state index in [9.17, 15) is 18.5 Å². The predicted octanol–water partition coefficient (Wildman–Crippen LogP) is 3.47. The first kappa shape index (κ1) is 15.5. The number of benzene rings is 2. The Morgan fingerprint density at radius 2 is 1.76 bits per heavy atom. The molecule has 0 fully saturated rings. The van der Waals surface area contributed by atoms with E-state index in [1.54, 1.807) is 24.3 Å². The standard InChI is InChI=1S/C13H11BrN2O4S/c1-9-8-12(16(17)18)6-7-13(9)21(19,20)15-11-4-2-10(14)3-5-11/h2-8,15H,1H3. The molecular formula is C13H11BrN2O4S. The SMILES string of the molecule is Cc1cc([N+](=O)[O-])ccc1S(=O)(=O)Nc1ccc(Br)cc1. The van der Waals surface area contributed by atoms with Crippen LogP contribution in [-0.4, -0.2) is 13.3 Å². The fourth-order valence-electron chi connectivity index (χ4n) is 1.78. The van der Waals surface area contributed by atoms with E-state index in [0.717, 1.165) is 4.47 Å². The number of rotatable bonds is 4. The van der Waals surface area contributed by atoms with Gasteiger partial charge in [-0.2, -0.15) is 0 Å². The number of hydrogen-bond donors (Lipinski definition) is 1. The molecule has 2 aromatic carbocycles. The molecule has 2 rings (SSSR count). The average Bonchev–Trinajstić information content (AvgIpc) is 2.40. The molecule has 0 aliphatic heterocycles. The molecule has 8 heteroatoms. The number of nitrogens with one attached hydrogen (secondary N) is 1. The zero-order chi connectivity index (χ0) is 15.6. The number of nitro benzene ring substituents is 1. The van der Waals surface area contributed by atoms with Crippen molar-refractivity contribution in [2.24, 2.45) is 0 Å². The first-order valence-corrected chi connectivity index (χ1v) is 8.10. The van der Waals surface area contributed by atoms with Gasteiger partial charge in [0.25, 0.3) is 15.7 Å². The molecule has 0 aliphatic rings. The fraction of sp³-hybridized carbons (Fsp3) is 0.0769. The summed E-state index contributed by atoms with van der Waals surface area (Å²) in [7, 11) is -3.79. The van der Waals surface area contributed by atoms with Crippen LogP contribution in [0.1, 0.15) is 5.56 Å². The van der Waals surface area contributed by atoms with Gasteiger partial charge >= 0.3 is 0 Å². The normalized spacial score (nSPS) is 11.1. The van der Waals surface area contributed by atoms with Crippen molar-refractivity contribution in [3.05, 3.63) is 62.6 Å². The van der Waals surface area contributed by atoms with Crippen LogP contribution in [-0.2, 0) is 10.0 Å². The van der Waals surface area contributed by atoms with Gasteiger partial charge in [-0.1, -0.05) is 15.9 Å². The number of sulfonamides is 1. The average molecular weight is 371 g/mol. The Morgan fingerprint density at radius 1 is 1.14 bits per heavy atom. The summed E-state index contributed by atoms with van der Waals surface area (Å²) in [5.74, 6) is 0. The van der Waals surface area contributed by atoms with Crippen LogP contribution in [0.4, 0.5) is 11.4 Å². The number of nitro groups is 1. The molecule has 0 saturated carbocycles. The van der Waals surface area contributed by atoms with Crippen LogP contribution < -0.4 is 4.72 Å². The van der Waals surface area contributed by atoms with Crippen LogP contribution >= 0.6 is 15.9 Å². The van der Waals surface area contributed by atoms with Gasteiger partial charge < -0.3 is 0 Å². The third-order valence-electron chi connectivity index (χ3n) is 2.76. The van der Waals surface area contributed by atoms with Crippen LogP contribution in [0.3, 0.4) is 0 Å². The minimum Gasteiger partial charge on any atom is -0.280 e. The minimum absolute atomic E-state index is 0.0102. The molecule has 6 nitrogen and oxygen atoms in total. The van der Waals surface area contributed by atoms with Crippen LogP contribution in [0.15, 0.2) is 51.8 Å². The second kappa shape index (κ2) is 5.82. The summed E-state index contributed by atoms with van der Waals surface area (Å²) in [5, 5.41) is 10.7. The van der Waals surface area contributed by atoms with Crippen molar-refractivity contribution in [2.75, 3.05) is 4.72 Å². The van der Waals surface area contributed by atoms with E-state index in [1.165, 1.54) is 25.1 Å². The minimum atomic E-state index is -3.79. The highest BCUT2D eigenvalue weighted by Crippen LogP contribution is 2.24. The smallest absolute Gasteiger partial charge is 0.269 e. The second-order valence-electron chi connectivity index (χ2n) is 4.32. The van der Waals surface area contributed by atoms with E-state index < -0.39 is 14.9 Å². The summed E-state index contributed by atoms with van der Waals surface area (Å²) in [5.41, 5.74) is 0.583. The van der Waals surface area contributed by atoms with Crippen molar-refractivity contribution in [3.63, 3.8) is 0 Å². The quantitative estimate of drug-likeness (QED) is 0.658. The van der Waals surface area contributed by atoms with Crippen LogP contribution in [0.2, 0.25) is 0 Å². The third kappa shape index (κ3) is 3.59. The summed E-state index contributed by atoms with van der Waals surface area (Å²) >= 11 is 3.26. The molecule has 0 aliphatic carbocycles. The Balaban J connectivity index is 2.35. The van der Waals surface area contributed by atoms with Gasteiger partial charge in [0.15, 0.2) is 0 Å². The zero-order valence-corrected chi connectivity index (χ0v) is 13.3. The Bertz CT molecular complexity index is 788. The van der Waals surface area contributed by atoms with Gasteiger partial charge in [0.1, 0.15) is 0 Å². The lowest BCUT2D eigenvalue weighted by atomic mass is 10.2. The van der Waals surface area contributed by atoms with Gasteiger partial charge in [-0.15, -0.1) is 0 Å². The summed E-state index contributed by atoms with van der Waals surface area (Å²) in [6.45, 7) is 1.52. The van der Waals surface area contributed by atoms with Gasteiger partial charge in [-0.05, 0) is 42.8 Å². The Morgan fingerprint density at radius 3 is 2.29 bits per heavy atom. The topological polar surface area (TPSA) is 89.3 Å². The van der Waals surface area contributed by atoms with Crippen LogP contribution in [0.25, 0.3) is 0 Å². The first-order chi connectivity index (χ1) is 9.79. The lowest BCUT2D eigenvalue weighted by Crippen LogP contribution is -2.14. The van der Waals surface area contributed by atoms with Crippen LogP contribution in [0, 0.1) is 17.0 Å². The lowest BCUT2D eigenvalue weighted by molar-refractivity contribution is -0.385. The molecule has 110 valence electrons. The highest BCUT2D eigenvalue weighted by molar-refractivity contribution is 9.10. The van der Waals surface area contributed by atoms with E-state index >= 15 is 0 Å². The Hall–Kier alpha value is -1.93. The monoisotopic (exact) mass is 370 g/mol. The molecule has 0 spiro atoms. The molecule has 0 unspecified atom stereocenters. The van der Waals surface area contributed by atoms with Crippen molar-refractivity contribution >= 4 is 37.3 Å². The number of aryl methyl sites for hydroxylation is 1. The third-order valence-corrected chi connectivity index (χ3v) is 4.83. The molecule has 0 bridgehead atoms. The summed E-state index contributed by atoms with van der Waals surface area (Å²) in [6, 6.07) is 10.3. The number of hydrogen-bond acceptors (Lipinski definition) is 4. The summed E-state index contributed by atoms with van der Waals surface area (Å²) in [6.07, 6.45) is 0. The molecule has 1 N–H and O–H groups in total. The van der Waals surface area contributed by atoms with Crippen molar-refractivity contribution < 1.29 is 13.3 Å². The largest absolute Gasteiger partial charge is 0.280 e. The molecule has 0 heterocycles. The number of anilines is 1. The van der Waals surface area contributed by atoms with Gasteiger partial charge in [0, 0.05) is 22.3 Å². The molecular weight excluding hydrogens is 360 g/mol. The molecule has 21 heavy (non-hydrogen) atoms. The number of non-ortho nitro benzene ring substituents is 1. The maximum Gasteiger partial charge on any atom is 0.269 e. The molecule has 0 saturated heterocycles. The molecule has 0 aromatic heterocycles. The van der Waals surface area contributed by atoms with Crippen molar-refractivity contribution in [1.82, 2.24) is 0 Å². The van der Waals surface area contributed by atoms with E-state index in [1.807, 2.05) is 0 Å². The van der Waals surface area contributed by atoms with E-state index in [2.05, 4.69) is 20.7 Å². The number of nitrogens with zero attached hydrogens (tertiary/aromatic N) is 1. The Kier molecular flexibility index (Phi) is 4.29. The molecule has 0 radical (unpaired) electrons. The van der Waals surface area contributed by atoms with Crippen molar-refractivity contribution in [3.8, 4) is 0 Å². The highest BCUT2D eigenvalue weighted by Gasteiger charge is 2.19. The van der Waals surface area contributed by atoms with Gasteiger partial charge in [-0.25, -0.2) is 8.42 Å². The van der Waals surface area contributed by atoms with Crippen molar-refractivity contribution in [1.29, 1.82) is 0 Å². The molecule has 2 aromatic rings. The second-order valence-corrected chi connectivity index (χ2v) is 6.89. The lowest BCUT2D eigenvalue weighted by Gasteiger charge is -2.10. The fourth-order valence-corrected chi connectivity index (χ4v) is 3.33. The van der Waals surface area contributed by atoms with Crippen LogP contribution in [0.5, 0.6) is 0 Å². The summed E-state index contributed by atoms with van der Waals surface area (Å²) < 4.78 is 27.9. The predicted molar refractivity (Wildman–Crippen MR) is 82.8 cm³/mol. The van der Waals surface area contributed by atoms with Gasteiger partial charge in [0.05, 0.1) is 9.82 Å². The maximum atomic E-state index is 12.3. The first-order valence-electron chi connectivity index (χ1n) is 5.83. The molecule has 0 amide bonds. The molecule has 0 atom stereocenters. The zero-order valence-electron chi connectivity index (χ0n) is 10.9. The Labute approximate surface area is 130 Å². The summed E-state index contributed by atoms with van der Waals surface area (Å²) in [4.78, 5) is 10.1. The van der Waals surface area contributed by atoms with E-state index in [4.69, 9.17) is 0 Å². The van der Waals surface area contributed by atoms with E-state index in [0.29, 0.717) is 11.3 Å². The van der Waals surface area contributed by atoms with Crippen molar-refractivity contribution in [2.45, 2.75) is 11.8 Å². The highest BCUT2D eigenvalue weighted by atomic mass is 79.9. The van der Waals surface area contributed by atoms with Gasteiger partial charge in [-0.3, -0.25) is 14.8 Å². The van der Waals surface area contributed by atoms with Gasteiger partial charge in [0.2, 0.25) is 0 Å².